The zero-order valence-electron chi connectivity index (χ0n) is 14.3. The minimum absolute atomic E-state index is 0. The molecule has 7 heteroatoms. The molecule has 3 N–H and O–H groups in total. The van der Waals surface area contributed by atoms with E-state index in [-0.39, 0.29) is 30.3 Å². The fraction of sp³-hybridized carbons (Fsp3) is 0.444. The molecule has 0 unspecified atom stereocenters. The zero-order valence-corrected chi connectivity index (χ0v) is 15.9. The van der Waals surface area contributed by atoms with Crippen molar-refractivity contribution in [3.8, 4) is 0 Å². The van der Waals surface area contributed by atoms with E-state index in [0.717, 1.165) is 24.8 Å². The molecule has 25 heavy (non-hydrogen) atoms. The highest BCUT2D eigenvalue weighted by molar-refractivity contribution is 5.85. The molecule has 2 aromatic rings. The molecule has 1 aliphatic rings. The molecule has 0 spiro atoms. The highest BCUT2D eigenvalue weighted by Gasteiger charge is 2.18. The lowest BCUT2D eigenvalue weighted by Gasteiger charge is -2.32. The Morgan fingerprint density at radius 1 is 1.00 bits per heavy atom. The van der Waals surface area contributed by atoms with Gasteiger partial charge in [-0.15, -0.1) is 29.9 Å². The molecule has 0 atom stereocenters. The van der Waals surface area contributed by atoms with E-state index < -0.39 is 0 Å². The van der Waals surface area contributed by atoms with Gasteiger partial charge in [0.2, 0.25) is 0 Å². The SMILES string of the molecule is Cl.Cl.O.c1ccc(CN2CCC(CCNc3cccnn3)CC2)cc1. The van der Waals surface area contributed by atoms with Crippen molar-refractivity contribution in [2.24, 2.45) is 5.92 Å². The summed E-state index contributed by atoms with van der Waals surface area (Å²) in [6.45, 7) is 4.50. The summed E-state index contributed by atoms with van der Waals surface area (Å²) in [5.41, 5.74) is 1.42. The Morgan fingerprint density at radius 2 is 1.72 bits per heavy atom. The van der Waals surface area contributed by atoms with Crippen LogP contribution in [0.2, 0.25) is 0 Å². The molecule has 3 rings (SSSR count). The van der Waals surface area contributed by atoms with E-state index in [9.17, 15) is 0 Å². The second kappa shape index (κ2) is 12.9. The molecule has 1 saturated heterocycles. The van der Waals surface area contributed by atoms with Crippen LogP contribution in [0.15, 0.2) is 48.7 Å². The maximum absolute atomic E-state index is 4.05. The molecule has 1 fully saturated rings. The summed E-state index contributed by atoms with van der Waals surface area (Å²) >= 11 is 0. The smallest absolute Gasteiger partial charge is 0.148 e. The minimum Gasteiger partial charge on any atom is -0.412 e. The third-order valence-corrected chi connectivity index (χ3v) is 4.39. The van der Waals surface area contributed by atoms with Gasteiger partial charge in [0.1, 0.15) is 5.82 Å². The average molecular weight is 387 g/mol. The number of benzene rings is 1. The monoisotopic (exact) mass is 386 g/mol. The molecule has 140 valence electrons. The number of piperidine rings is 1. The summed E-state index contributed by atoms with van der Waals surface area (Å²) in [6.07, 6.45) is 5.52. The number of halogens is 2. The molecule has 2 heterocycles. The zero-order chi connectivity index (χ0) is 15.0. The Bertz CT molecular complexity index is 552. The lowest BCUT2D eigenvalue weighted by Crippen LogP contribution is -2.33. The molecule has 0 amide bonds. The number of likely N-dealkylation sites (tertiary alicyclic amines) is 1. The van der Waals surface area contributed by atoms with Gasteiger partial charge in [-0.3, -0.25) is 4.90 Å². The maximum Gasteiger partial charge on any atom is 0.148 e. The molecule has 1 aromatic carbocycles. The number of nitrogens with one attached hydrogen (secondary N) is 1. The Kier molecular flexibility index (Phi) is 12.2. The van der Waals surface area contributed by atoms with Gasteiger partial charge >= 0.3 is 0 Å². The van der Waals surface area contributed by atoms with Gasteiger partial charge in [0, 0.05) is 19.3 Å². The van der Waals surface area contributed by atoms with Crippen molar-refractivity contribution in [2.45, 2.75) is 25.8 Å². The van der Waals surface area contributed by atoms with E-state index in [2.05, 4.69) is 50.7 Å². The van der Waals surface area contributed by atoms with Crippen LogP contribution in [0.5, 0.6) is 0 Å². The lowest BCUT2D eigenvalue weighted by atomic mass is 9.93. The number of nitrogens with zero attached hydrogens (tertiary/aromatic N) is 3. The van der Waals surface area contributed by atoms with E-state index in [1.165, 1.54) is 37.9 Å². The van der Waals surface area contributed by atoms with Gasteiger partial charge in [-0.25, -0.2) is 0 Å². The number of anilines is 1. The van der Waals surface area contributed by atoms with Crippen LogP contribution in [-0.2, 0) is 6.54 Å². The van der Waals surface area contributed by atoms with Gasteiger partial charge in [-0.2, -0.15) is 5.10 Å². The van der Waals surface area contributed by atoms with Crippen LogP contribution in [0.25, 0.3) is 0 Å². The minimum atomic E-state index is 0. The fourth-order valence-corrected chi connectivity index (χ4v) is 3.08. The van der Waals surface area contributed by atoms with E-state index in [0.29, 0.717) is 0 Å². The third kappa shape index (κ3) is 8.01. The molecule has 1 aliphatic heterocycles. The van der Waals surface area contributed by atoms with Crippen LogP contribution >= 0.6 is 24.8 Å². The van der Waals surface area contributed by atoms with Crippen molar-refractivity contribution in [2.75, 3.05) is 25.0 Å². The third-order valence-electron chi connectivity index (χ3n) is 4.39. The Morgan fingerprint density at radius 3 is 2.36 bits per heavy atom. The summed E-state index contributed by atoms with van der Waals surface area (Å²) in [6, 6.07) is 14.7. The van der Waals surface area contributed by atoms with Gasteiger partial charge < -0.3 is 10.8 Å². The molecular formula is C18H28Cl2N4O. The van der Waals surface area contributed by atoms with Crippen LogP contribution in [0.1, 0.15) is 24.8 Å². The first-order valence-electron chi connectivity index (χ1n) is 8.18. The number of aromatic nitrogens is 2. The molecule has 0 bridgehead atoms. The van der Waals surface area contributed by atoms with Crippen molar-refractivity contribution < 1.29 is 5.48 Å². The van der Waals surface area contributed by atoms with E-state index in [4.69, 9.17) is 0 Å². The largest absolute Gasteiger partial charge is 0.412 e. The summed E-state index contributed by atoms with van der Waals surface area (Å²) in [7, 11) is 0. The molecule has 0 aliphatic carbocycles. The number of hydrogen-bond acceptors (Lipinski definition) is 4. The van der Waals surface area contributed by atoms with Crippen LogP contribution in [0.4, 0.5) is 5.82 Å². The molecule has 0 saturated carbocycles. The standard InChI is InChI=1S/C18H24N4.2ClH.H2O/c1-2-5-17(6-3-1)15-22-13-9-16(10-14-22)8-12-19-18-7-4-11-20-21-18;;;/h1-7,11,16H,8-10,12-15H2,(H,19,21);2*1H;1H2. The van der Waals surface area contributed by atoms with Gasteiger partial charge in [-0.1, -0.05) is 30.3 Å². The first kappa shape index (κ1) is 23.6. The Labute approximate surface area is 162 Å². The molecular weight excluding hydrogens is 359 g/mol. The summed E-state index contributed by atoms with van der Waals surface area (Å²) in [5, 5.41) is 11.3. The first-order valence-corrected chi connectivity index (χ1v) is 8.18. The predicted molar refractivity (Wildman–Crippen MR) is 108 cm³/mol. The average Bonchev–Trinajstić information content (AvgIpc) is 2.58. The molecule has 5 nitrogen and oxygen atoms in total. The van der Waals surface area contributed by atoms with Crippen LogP contribution in [-0.4, -0.2) is 40.2 Å². The van der Waals surface area contributed by atoms with Crippen LogP contribution in [0, 0.1) is 5.92 Å². The van der Waals surface area contributed by atoms with E-state index in [1.807, 2.05) is 12.1 Å². The van der Waals surface area contributed by atoms with Gasteiger partial charge in [0.25, 0.3) is 0 Å². The Balaban J connectivity index is 0.00000192. The van der Waals surface area contributed by atoms with E-state index >= 15 is 0 Å². The highest BCUT2D eigenvalue weighted by Crippen LogP contribution is 2.21. The fourth-order valence-electron chi connectivity index (χ4n) is 3.08. The summed E-state index contributed by atoms with van der Waals surface area (Å²) < 4.78 is 0. The Hall–Kier alpha value is -1.40. The van der Waals surface area contributed by atoms with Gasteiger partial charge in [0.05, 0.1) is 0 Å². The predicted octanol–water partition coefficient (Wildman–Crippen LogP) is 3.21. The van der Waals surface area contributed by atoms with E-state index in [1.54, 1.807) is 6.20 Å². The second-order valence-electron chi connectivity index (χ2n) is 6.03. The van der Waals surface area contributed by atoms with Crippen molar-refractivity contribution in [1.82, 2.24) is 15.1 Å². The highest BCUT2D eigenvalue weighted by atomic mass is 35.5. The summed E-state index contributed by atoms with van der Waals surface area (Å²) in [5.74, 6) is 1.71. The van der Waals surface area contributed by atoms with Crippen molar-refractivity contribution in [3.63, 3.8) is 0 Å². The first-order chi connectivity index (χ1) is 10.9. The lowest BCUT2D eigenvalue weighted by molar-refractivity contribution is 0.174. The maximum atomic E-state index is 4.05. The van der Waals surface area contributed by atoms with Crippen LogP contribution < -0.4 is 5.32 Å². The van der Waals surface area contributed by atoms with Crippen molar-refractivity contribution in [1.29, 1.82) is 0 Å². The quantitative estimate of drug-likeness (QED) is 0.826. The number of hydrogen-bond donors (Lipinski definition) is 1. The molecule has 1 aromatic heterocycles. The summed E-state index contributed by atoms with van der Waals surface area (Å²) in [4.78, 5) is 2.57. The van der Waals surface area contributed by atoms with Gasteiger partial charge in [-0.05, 0) is 56.0 Å². The van der Waals surface area contributed by atoms with Crippen LogP contribution in [0.3, 0.4) is 0 Å². The van der Waals surface area contributed by atoms with Crippen molar-refractivity contribution >= 4 is 30.6 Å². The number of rotatable bonds is 6. The topological polar surface area (TPSA) is 72.6 Å². The second-order valence-corrected chi connectivity index (χ2v) is 6.03. The van der Waals surface area contributed by atoms with Crippen molar-refractivity contribution in [3.05, 3.63) is 54.2 Å². The normalized spacial score (nSPS) is 14.6. The molecule has 0 radical (unpaired) electrons. The van der Waals surface area contributed by atoms with Gasteiger partial charge in [0.15, 0.2) is 0 Å².